The third kappa shape index (κ3) is 3.28. The van der Waals surface area contributed by atoms with Gasteiger partial charge in [0, 0.05) is 17.0 Å². The zero-order valence-electron chi connectivity index (χ0n) is 17.3. The second kappa shape index (κ2) is 7.98. The smallest absolute Gasteiger partial charge is 0.217 e. The quantitative estimate of drug-likeness (QED) is 0.495. The highest BCUT2D eigenvalue weighted by Gasteiger charge is 2.43. The lowest BCUT2D eigenvalue weighted by Crippen LogP contribution is -2.34. The van der Waals surface area contributed by atoms with Crippen molar-refractivity contribution in [1.82, 2.24) is 5.01 Å². The van der Waals surface area contributed by atoms with E-state index in [1.54, 1.807) is 32.7 Å². The molecule has 0 unspecified atom stereocenters. The van der Waals surface area contributed by atoms with Crippen LogP contribution in [0.4, 0.5) is 0 Å². The van der Waals surface area contributed by atoms with E-state index in [0.717, 1.165) is 33.9 Å². The van der Waals surface area contributed by atoms with Crippen molar-refractivity contribution in [3.63, 3.8) is 0 Å². The van der Waals surface area contributed by atoms with Crippen molar-refractivity contribution in [2.75, 3.05) is 21.3 Å². The molecule has 2 aliphatic heterocycles. The highest BCUT2D eigenvalue weighted by atomic mass is 35.5. The van der Waals surface area contributed by atoms with Crippen molar-refractivity contribution in [1.29, 1.82) is 0 Å². The van der Waals surface area contributed by atoms with E-state index in [4.69, 9.17) is 35.6 Å². The Balaban J connectivity index is 1.66. The Morgan fingerprint density at radius 1 is 1.03 bits per heavy atom. The van der Waals surface area contributed by atoms with Gasteiger partial charge in [-0.25, -0.2) is 5.01 Å². The zero-order valence-corrected chi connectivity index (χ0v) is 18.9. The fourth-order valence-electron chi connectivity index (χ4n) is 4.17. The van der Waals surface area contributed by atoms with Crippen molar-refractivity contribution in [3.05, 3.63) is 68.9 Å². The molecule has 0 saturated heterocycles. The lowest BCUT2D eigenvalue weighted by Gasteiger charge is -2.38. The van der Waals surface area contributed by atoms with Gasteiger partial charge in [-0.1, -0.05) is 17.7 Å². The predicted molar refractivity (Wildman–Crippen MR) is 121 cm³/mol. The molecule has 3 heterocycles. The number of nitrogens with zero attached hydrogens (tertiary/aromatic N) is 2. The number of halogens is 1. The average molecular weight is 457 g/mol. The van der Waals surface area contributed by atoms with Gasteiger partial charge >= 0.3 is 0 Å². The second-order valence-corrected chi connectivity index (χ2v) is 8.58. The largest absolute Gasteiger partial charge is 0.493 e. The molecule has 5 rings (SSSR count). The van der Waals surface area contributed by atoms with Crippen LogP contribution >= 0.6 is 22.9 Å². The molecule has 2 aromatic carbocycles. The Bertz CT molecular complexity index is 1150. The number of benzene rings is 2. The van der Waals surface area contributed by atoms with Gasteiger partial charge in [-0.05, 0) is 41.8 Å². The Hall–Kier alpha value is -2.90. The van der Waals surface area contributed by atoms with Crippen LogP contribution in [0.2, 0.25) is 5.02 Å². The predicted octanol–water partition coefficient (Wildman–Crippen LogP) is 5.67. The van der Waals surface area contributed by atoms with Gasteiger partial charge in [0.15, 0.2) is 11.5 Å². The molecule has 3 aromatic rings. The molecule has 8 heteroatoms. The van der Waals surface area contributed by atoms with Gasteiger partial charge in [0.25, 0.3) is 0 Å². The number of hydrogen-bond acceptors (Lipinski definition) is 7. The number of hydrogen-bond donors (Lipinski definition) is 0. The molecule has 0 aliphatic carbocycles. The molecule has 0 spiro atoms. The highest BCUT2D eigenvalue weighted by molar-refractivity contribution is 7.12. The zero-order chi connectivity index (χ0) is 21.5. The third-order valence-corrected chi connectivity index (χ3v) is 6.71. The first-order valence-corrected chi connectivity index (χ1v) is 11.0. The van der Waals surface area contributed by atoms with Crippen molar-refractivity contribution in [2.24, 2.45) is 5.10 Å². The number of hydrazone groups is 1. The van der Waals surface area contributed by atoms with Crippen molar-refractivity contribution < 1.29 is 18.9 Å². The van der Waals surface area contributed by atoms with Crippen LogP contribution < -0.4 is 18.9 Å². The summed E-state index contributed by atoms with van der Waals surface area (Å²) in [7, 11) is 4.80. The minimum Gasteiger partial charge on any atom is -0.493 e. The highest BCUT2D eigenvalue weighted by Crippen LogP contribution is 2.52. The van der Waals surface area contributed by atoms with Gasteiger partial charge in [-0.2, -0.15) is 5.10 Å². The van der Waals surface area contributed by atoms with Crippen LogP contribution in [-0.4, -0.2) is 32.0 Å². The van der Waals surface area contributed by atoms with Crippen LogP contribution in [-0.2, 0) is 0 Å². The first kappa shape index (κ1) is 20.0. The molecular formula is C23H21ClN2O4S. The summed E-state index contributed by atoms with van der Waals surface area (Å²) in [5.74, 6) is 2.45. The number of methoxy groups -OCH3 is 3. The van der Waals surface area contributed by atoms with Gasteiger partial charge in [0.2, 0.25) is 12.0 Å². The Morgan fingerprint density at radius 3 is 2.58 bits per heavy atom. The molecular weight excluding hydrogens is 436 g/mol. The van der Waals surface area contributed by atoms with E-state index in [1.165, 1.54) is 0 Å². The summed E-state index contributed by atoms with van der Waals surface area (Å²) >= 11 is 8.00. The summed E-state index contributed by atoms with van der Waals surface area (Å²) < 4.78 is 23.2. The van der Waals surface area contributed by atoms with Gasteiger partial charge in [-0.3, -0.25) is 0 Å². The molecule has 1 aromatic heterocycles. The first-order chi connectivity index (χ1) is 15.1. The molecule has 31 heavy (non-hydrogen) atoms. The maximum absolute atomic E-state index is 6.46. The van der Waals surface area contributed by atoms with E-state index in [2.05, 4.69) is 11.4 Å². The minimum absolute atomic E-state index is 0.00218. The maximum Gasteiger partial charge on any atom is 0.217 e. The summed E-state index contributed by atoms with van der Waals surface area (Å²) in [5, 5.41) is 9.71. The SMILES string of the molecule is COc1ccc([C@H]2Oc3ccc(Cl)cc3[C@H]3CC(c4cccs4)=NN32)c(OC)c1OC. The number of fused-ring (bicyclic) bond motifs is 3. The van der Waals surface area contributed by atoms with E-state index in [0.29, 0.717) is 22.3 Å². The summed E-state index contributed by atoms with van der Waals surface area (Å²) in [6, 6.07) is 13.6. The topological polar surface area (TPSA) is 52.5 Å². The lowest BCUT2D eigenvalue weighted by atomic mass is 9.97. The fourth-order valence-corrected chi connectivity index (χ4v) is 5.08. The van der Waals surface area contributed by atoms with Crippen molar-refractivity contribution >= 4 is 28.6 Å². The second-order valence-electron chi connectivity index (χ2n) is 7.20. The monoisotopic (exact) mass is 456 g/mol. The first-order valence-electron chi connectivity index (χ1n) is 9.79. The van der Waals surface area contributed by atoms with Gasteiger partial charge < -0.3 is 18.9 Å². The number of rotatable bonds is 5. The van der Waals surface area contributed by atoms with Gasteiger partial charge in [0.1, 0.15) is 5.75 Å². The molecule has 0 amide bonds. The molecule has 6 nitrogen and oxygen atoms in total. The fraction of sp³-hybridized carbons (Fsp3) is 0.261. The Labute approximate surface area is 189 Å². The average Bonchev–Trinajstić information content (AvgIpc) is 3.47. The summed E-state index contributed by atoms with van der Waals surface area (Å²) in [5.41, 5.74) is 2.86. The maximum atomic E-state index is 6.46. The van der Waals surface area contributed by atoms with E-state index in [-0.39, 0.29) is 6.04 Å². The summed E-state index contributed by atoms with van der Waals surface area (Å²) in [6.07, 6.45) is 0.273. The molecule has 0 bridgehead atoms. The molecule has 0 fully saturated rings. The van der Waals surface area contributed by atoms with Crippen LogP contribution in [0.1, 0.15) is 34.7 Å². The molecule has 160 valence electrons. The standard InChI is InChI=1S/C23H21ClN2O4S/c1-27-19-9-7-14(21(28-2)22(19)29-3)23-26-17(12-16(25-26)20-5-4-10-31-20)15-11-13(24)6-8-18(15)30-23/h4-11,17,23H,12H2,1-3H3/t17-,23-/m1/s1. The van der Waals surface area contributed by atoms with Crippen molar-refractivity contribution in [2.45, 2.75) is 18.7 Å². The molecule has 0 radical (unpaired) electrons. The van der Waals surface area contributed by atoms with Crippen LogP contribution in [0.3, 0.4) is 0 Å². The van der Waals surface area contributed by atoms with E-state index in [1.807, 2.05) is 41.4 Å². The molecule has 2 aliphatic rings. The molecule has 2 atom stereocenters. The van der Waals surface area contributed by atoms with Gasteiger partial charge in [0.05, 0.1) is 43.5 Å². The number of ether oxygens (including phenoxy) is 4. The van der Waals surface area contributed by atoms with Gasteiger partial charge in [-0.15, -0.1) is 11.3 Å². The van der Waals surface area contributed by atoms with E-state index < -0.39 is 6.23 Å². The molecule has 0 N–H and O–H groups in total. The lowest BCUT2D eigenvalue weighted by molar-refractivity contribution is -0.0205. The Morgan fingerprint density at radius 2 is 1.87 bits per heavy atom. The van der Waals surface area contributed by atoms with Crippen LogP contribution in [0.15, 0.2) is 52.9 Å². The van der Waals surface area contributed by atoms with E-state index in [9.17, 15) is 0 Å². The minimum atomic E-state index is -0.495. The Kier molecular flexibility index (Phi) is 5.16. The molecule has 0 saturated carbocycles. The number of thiophene rings is 1. The van der Waals surface area contributed by atoms with Crippen LogP contribution in [0.25, 0.3) is 0 Å². The third-order valence-electron chi connectivity index (χ3n) is 5.56. The van der Waals surface area contributed by atoms with Crippen LogP contribution in [0.5, 0.6) is 23.0 Å². The summed E-state index contributed by atoms with van der Waals surface area (Å²) in [6.45, 7) is 0. The van der Waals surface area contributed by atoms with Crippen molar-refractivity contribution in [3.8, 4) is 23.0 Å². The van der Waals surface area contributed by atoms with E-state index >= 15 is 0 Å². The summed E-state index contributed by atoms with van der Waals surface area (Å²) in [4.78, 5) is 1.15. The normalized spacial score (nSPS) is 19.2. The van der Waals surface area contributed by atoms with Crippen LogP contribution in [0, 0.1) is 0 Å².